The molecule has 1 aromatic carbocycles. The zero-order chi connectivity index (χ0) is 17.1. The van der Waals surface area contributed by atoms with E-state index >= 15 is 0 Å². The average Bonchev–Trinajstić information content (AvgIpc) is 2.98. The van der Waals surface area contributed by atoms with Crippen molar-refractivity contribution in [2.45, 2.75) is 0 Å². The molecule has 0 saturated carbocycles. The molecule has 0 fully saturated rings. The van der Waals surface area contributed by atoms with Gasteiger partial charge in [0.15, 0.2) is 6.61 Å². The lowest BCUT2D eigenvalue weighted by atomic mass is 10.2. The zero-order valence-electron chi connectivity index (χ0n) is 12.2. The summed E-state index contributed by atoms with van der Waals surface area (Å²) in [5, 5.41) is 12.8. The topological polar surface area (TPSA) is 77.2 Å². The number of carboxylic acids is 1. The molecule has 0 aliphatic heterocycles. The molecule has 0 radical (unpaired) electrons. The van der Waals surface area contributed by atoms with E-state index in [2.05, 4.69) is 10.1 Å². The number of aromatic nitrogens is 3. The first-order chi connectivity index (χ1) is 11.5. The minimum Gasteiger partial charge on any atom is -0.479 e. The van der Waals surface area contributed by atoms with Crippen molar-refractivity contribution in [3.05, 3.63) is 60.4 Å². The van der Waals surface area contributed by atoms with E-state index in [4.69, 9.17) is 9.84 Å². The van der Waals surface area contributed by atoms with Gasteiger partial charge in [-0.2, -0.15) is 4.39 Å². The third-order valence-corrected chi connectivity index (χ3v) is 3.13. The second-order valence-corrected chi connectivity index (χ2v) is 4.78. The van der Waals surface area contributed by atoms with E-state index in [1.807, 2.05) is 0 Å². The lowest BCUT2D eigenvalue weighted by molar-refractivity contribution is -0.139. The Morgan fingerprint density at radius 2 is 2.00 bits per heavy atom. The van der Waals surface area contributed by atoms with Crippen LogP contribution in [-0.2, 0) is 4.79 Å². The molecule has 0 amide bonds. The molecule has 0 aliphatic carbocycles. The first-order valence-electron chi connectivity index (χ1n) is 6.86. The van der Waals surface area contributed by atoms with E-state index in [-0.39, 0.29) is 11.6 Å². The molecule has 122 valence electrons. The predicted octanol–water partition coefficient (Wildman–Crippen LogP) is 2.68. The number of hydrogen-bond donors (Lipinski definition) is 1. The Hall–Kier alpha value is -3.29. The molecule has 3 aromatic rings. The Bertz CT molecular complexity index is 879. The minimum atomic E-state index is -1.17. The van der Waals surface area contributed by atoms with Crippen LogP contribution in [-0.4, -0.2) is 32.4 Å². The number of ether oxygens (including phenoxy) is 1. The Balaban J connectivity index is 2.09. The van der Waals surface area contributed by atoms with Crippen LogP contribution in [0.2, 0.25) is 0 Å². The number of nitrogens with zero attached hydrogens (tertiary/aromatic N) is 3. The zero-order valence-corrected chi connectivity index (χ0v) is 12.2. The van der Waals surface area contributed by atoms with Crippen molar-refractivity contribution >= 4 is 5.97 Å². The van der Waals surface area contributed by atoms with Crippen molar-refractivity contribution in [2.24, 2.45) is 0 Å². The monoisotopic (exact) mass is 331 g/mol. The van der Waals surface area contributed by atoms with E-state index in [0.29, 0.717) is 11.3 Å². The molecule has 6 nitrogen and oxygen atoms in total. The molecule has 2 heterocycles. The SMILES string of the molecule is O=C(O)COc1cc(-c2ccc(F)nc2)n(-c2ccccc2F)n1. The van der Waals surface area contributed by atoms with Crippen LogP contribution in [0.3, 0.4) is 0 Å². The predicted molar refractivity (Wildman–Crippen MR) is 79.8 cm³/mol. The fourth-order valence-electron chi connectivity index (χ4n) is 2.11. The van der Waals surface area contributed by atoms with Gasteiger partial charge in [0.1, 0.15) is 11.5 Å². The first-order valence-corrected chi connectivity index (χ1v) is 6.86. The van der Waals surface area contributed by atoms with Crippen LogP contribution >= 0.6 is 0 Å². The summed E-state index contributed by atoms with van der Waals surface area (Å²) in [6.45, 7) is -0.588. The van der Waals surface area contributed by atoms with Crippen LogP contribution in [0.1, 0.15) is 0 Å². The molecule has 0 unspecified atom stereocenters. The third kappa shape index (κ3) is 3.22. The van der Waals surface area contributed by atoms with Crippen LogP contribution in [0.15, 0.2) is 48.7 Å². The van der Waals surface area contributed by atoms with Gasteiger partial charge in [-0.3, -0.25) is 0 Å². The summed E-state index contributed by atoms with van der Waals surface area (Å²) in [5.41, 5.74) is 0.993. The number of pyridine rings is 1. The number of carbonyl (C=O) groups is 1. The van der Waals surface area contributed by atoms with E-state index in [1.165, 1.54) is 41.2 Å². The summed E-state index contributed by atoms with van der Waals surface area (Å²) in [7, 11) is 0. The maximum Gasteiger partial charge on any atom is 0.341 e. The van der Waals surface area contributed by atoms with E-state index in [0.717, 1.165) is 6.07 Å². The summed E-state index contributed by atoms with van der Waals surface area (Å²) < 4.78 is 33.4. The number of aliphatic carboxylic acids is 1. The lowest BCUT2D eigenvalue weighted by Gasteiger charge is -2.07. The quantitative estimate of drug-likeness (QED) is 0.727. The second-order valence-electron chi connectivity index (χ2n) is 4.78. The fourth-order valence-corrected chi connectivity index (χ4v) is 2.11. The highest BCUT2D eigenvalue weighted by Gasteiger charge is 2.16. The summed E-state index contributed by atoms with van der Waals surface area (Å²) in [6.07, 6.45) is 1.27. The molecule has 0 atom stereocenters. The number of carboxylic acid groups (broad SMARTS) is 1. The molecule has 8 heteroatoms. The van der Waals surface area contributed by atoms with Gasteiger partial charge in [0.05, 0.1) is 5.69 Å². The maximum absolute atomic E-state index is 14.1. The molecule has 0 aliphatic rings. The maximum atomic E-state index is 14.1. The van der Waals surface area contributed by atoms with Crippen molar-refractivity contribution < 1.29 is 23.4 Å². The normalized spacial score (nSPS) is 10.6. The van der Waals surface area contributed by atoms with Gasteiger partial charge in [0, 0.05) is 17.8 Å². The highest BCUT2D eigenvalue weighted by atomic mass is 19.1. The average molecular weight is 331 g/mol. The van der Waals surface area contributed by atoms with Crippen LogP contribution in [0.4, 0.5) is 8.78 Å². The van der Waals surface area contributed by atoms with Gasteiger partial charge in [0.25, 0.3) is 0 Å². The van der Waals surface area contributed by atoms with Crippen LogP contribution in [0.25, 0.3) is 16.9 Å². The van der Waals surface area contributed by atoms with Crippen molar-refractivity contribution in [3.63, 3.8) is 0 Å². The molecule has 1 N–H and O–H groups in total. The molecule has 3 rings (SSSR count). The largest absolute Gasteiger partial charge is 0.479 e. The first kappa shape index (κ1) is 15.6. The summed E-state index contributed by atoms with van der Waals surface area (Å²) in [6, 6.07) is 9.98. The summed E-state index contributed by atoms with van der Waals surface area (Å²) in [4.78, 5) is 14.2. The molecule has 0 spiro atoms. The number of halogens is 2. The Kier molecular flexibility index (Phi) is 4.19. The van der Waals surface area contributed by atoms with E-state index in [1.54, 1.807) is 6.07 Å². The van der Waals surface area contributed by atoms with Gasteiger partial charge in [-0.15, -0.1) is 5.10 Å². The minimum absolute atomic E-state index is 0.0000203. The Morgan fingerprint density at radius 1 is 1.21 bits per heavy atom. The molecular formula is C16H11F2N3O3. The number of benzene rings is 1. The van der Waals surface area contributed by atoms with Gasteiger partial charge in [-0.05, 0) is 24.3 Å². The molecule has 0 saturated heterocycles. The van der Waals surface area contributed by atoms with Crippen molar-refractivity contribution in [1.29, 1.82) is 0 Å². The molecule has 24 heavy (non-hydrogen) atoms. The van der Waals surface area contributed by atoms with Crippen molar-refractivity contribution in [1.82, 2.24) is 14.8 Å². The van der Waals surface area contributed by atoms with Crippen molar-refractivity contribution in [3.8, 4) is 22.8 Å². The molecule has 2 aromatic heterocycles. The summed E-state index contributed by atoms with van der Waals surface area (Å²) in [5.74, 6) is -2.35. The summed E-state index contributed by atoms with van der Waals surface area (Å²) >= 11 is 0. The van der Waals surface area contributed by atoms with Gasteiger partial charge in [-0.25, -0.2) is 18.9 Å². The van der Waals surface area contributed by atoms with Gasteiger partial charge in [0.2, 0.25) is 11.8 Å². The Labute approximate surface area is 135 Å². The van der Waals surface area contributed by atoms with Crippen LogP contribution < -0.4 is 4.74 Å². The highest BCUT2D eigenvalue weighted by molar-refractivity contribution is 5.68. The molecular weight excluding hydrogens is 320 g/mol. The smallest absolute Gasteiger partial charge is 0.341 e. The number of para-hydroxylation sites is 1. The standard InChI is InChI=1S/C16H11F2N3O3/c17-11-3-1-2-4-12(11)21-13(10-5-6-14(18)19-8-10)7-15(20-21)24-9-16(22)23/h1-8H,9H2,(H,22,23). The number of rotatable bonds is 5. The highest BCUT2D eigenvalue weighted by Crippen LogP contribution is 2.27. The lowest BCUT2D eigenvalue weighted by Crippen LogP contribution is -2.10. The van der Waals surface area contributed by atoms with Gasteiger partial charge in [-0.1, -0.05) is 12.1 Å². The van der Waals surface area contributed by atoms with Crippen LogP contribution in [0.5, 0.6) is 5.88 Å². The third-order valence-electron chi connectivity index (χ3n) is 3.13. The van der Waals surface area contributed by atoms with E-state index < -0.39 is 24.3 Å². The number of hydrogen-bond acceptors (Lipinski definition) is 4. The van der Waals surface area contributed by atoms with Gasteiger partial charge < -0.3 is 9.84 Å². The second kappa shape index (κ2) is 6.45. The van der Waals surface area contributed by atoms with Gasteiger partial charge >= 0.3 is 5.97 Å². The van der Waals surface area contributed by atoms with Crippen LogP contribution in [0, 0.1) is 11.8 Å². The fraction of sp³-hybridized carbons (Fsp3) is 0.0625. The van der Waals surface area contributed by atoms with E-state index in [9.17, 15) is 13.6 Å². The molecule has 0 bridgehead atoms. The van der Waals surface area contributed by atoms with Crippen molar-refractivity contribution in [2.75, 3.05) is 6.61 Å². The Morgan fingerprint density at radius 3 is 2.67 bits per heavy atom.